The average Bonchev–Trinajstić information content (AvgIpc) is 1.25. The standard InChI is InChI=1S/2C2H4O2.2FH.Sn/c2*1-2(3)4;;;/h2*1H3,(H,3,4);2*1H;/q;;;;+4/p-4. The SMILES string of the molecule is CC(=O)[O-].CC(=O)[O-].[F-].[F-].[Sn+4]. The third kappa shape index (κ3) is 3440. The molecular weight excluding hydrogens is 269 g/mol. The second kappa shape index (κ2) is 22.6. The summed E-state index contributed by atoms with van der Waals surface area (Å²) < 4.78 is 0. The fraction of sp³-hybridized carbons (Fsp3) is 0.500. The Kier molecular flexibility index (Phi) is 64.1. The Bertz CT molecular complexity index is 78.1. The van der Waals surface area contributed by atoms with E-state index in [0.29, 0.717) is 0 Å². The Balaban J connectivity index is -0.0000000171. The molecule has 0 bridgehead atoms. The molecule has 0 heterocycles. The Morgan fingerprint density at radius 2 is 0.909 bits per heavy atom. The second-order valence-corrected chi connectivity index (χ2v) is 0.983. The fourth-order valence-corrected chi connectivity index (χ4v) is 0. The summed E-state index contributed by atoms with van der Waals surface area (Å²) in [6.07, 6.45) is 0. The van der Waals surface area contributed by atoms with Crippen LogP contribution >= 0.6 is 0 Å². The van der Waals surface area contributed by atoms with Crippen LogP contribution in [0.1, 0.15) is 13.8 Å². The van der Waals surface area contributed by atoms with Crippen LogP contribution in [0.4, 0.5) is 0 Å². The van der Waals surface area contributed by atoms with Gasteiger partial charge in [-0.05, 0) is 13.8 Å². The van der Waals surface area contributed by atoms with Gasteiger partial charge in [-0.2, -0.15) is 0 Å². The van der Waals surface area contributed by atoms with Crippen molar-refractivity contribution >= 4 is 35.8 Å². The number of aliphatic carboxylic acids is 2. The molecule has 0 aromatic heterocycles. The molecule has 0 spiro atoms. The summed E-state index contributed by atoms with van der Waals surface area (Å²) in [5.74, 6) is -2.17. The normalized spacial score (nSPS) is 4.55. The summed E-state index contributed by atoms with van der Waals surface area (Å²) in [4.78, 5) is 17.8. The van der Waals surface area contributed by atoms with Crippen molar-refractivity contribution in [1.82, 2.24) is 0 Å². The number of rotatable bonds is 0. The molecule has 0 fully saturated rings. The zero-order chi connectivity index (χ0) is 7.15. The van der Waals surface area contributed by atoms with Crippen LogP contribution in [0.15, 0.2) is 0 Å². The Hall–Kier alpha value is -0.401. The molecule has 64 valence electrons. The monoisotopic (exact) mass is 276 g/mol. The minimum absolute atomic E-state index is 0. The van der Waals surface area contributed by atoms with Gasteiger partial charge >= 0.3 is 23.9 Å². The minimum Gasteiger partial charge on any atom is -1.00 e. The molecule has 0 radical (unpaired) electrons. The molecule has 0 saturated carbocycles. The maximum Gasteiger partial charge on any atom is 4.00 e. The Morgan fingerprint density at radius 1 is 0.909 bits per heavy atom. The second-order valence-electron chi connectivity index (χ2n) is 0.983. The zero-order valence-electron chi connectivity index (χ0n) is 5.89. The van der Waals surface area contributed by atoms with Crippen LogP contribution in [-0.4, -0.2) is 35.8 Å². The first kappa shape index (κ1) is 31.2. The first-order chi connectivity index (χ1) is 3.46. The molecule has 0 aromatic rings. The average molecular weight is 275 g/mol. The number of carbonyl (C=O) groups excluding carboxylic acids is 2. The van der Waals surface area contributed by atoms with Gasteiger partial charge in [0.05, 0.1) is 0 Å². The van der Waals surface area contributed by atoms with Crippen LogP contribution in [0, 0.1) is 0 Å². The third-order valence-corrected chi connectivity index (χ3v) is 0. The summed E-state index contributed by atoms with van der Waals surface area (Å²) in [6, 6.07) is 0. The van der Waals surface area contributed by atoms with Crippen molar-refractivity contribution < 1.29 is 29.2 Å². The molecule has 0 aliphatic carbocycles. The van der Waals surface area contributed by atoms with Crippen LogP contribution in [0.3, 0.4) is 0 Å². The molecule has 0 unspecified atom stereocenters. The van der Waals surface area contributed by atoms with E-state index in [0.717, 1.165) is 13.8 Å². The largest absolute Gasteiger partial charge is 4.00 e. The van der Waals surface area contributed by atoms with E-state index >= 15 is 0 Å². The van der Waals surface area contributed by atoms with E-state index in [1.54, 1.807) is 0 Å². The van der Waals surface area contributed by atoms with Crippen LogP contribution in [0.25, 0.3) is 0 Å². The van der Waals surface area contributed by atoms with Gasteiger partial charge in [-0.25, -0.2) is 0 Å². The van der Waals surface area contributed by atoms with Gasteiger partial charge in [-0.3, -0.25) is 0 Å². The predicted octanol–water partition coefficient (Wildman–Crippen LogP) is -8.86. The van der Waals surface area contributed by atoms with E-state index in [-0.39, 0.29) is 33.3 Å². The van der Waals surface area contributed by atoms with Gasteiger partial charge < -0.3 is 29.2 Å². The summed E-state index contributed by atoms with van der Waals surface area (Å²) >= 11 is 0. The quantitative estimate of drug-likeness (QED) is 0.411. The fourth-order valence-electron chi connectivity index (χ4n) is 0. The van der Waals surface area contributed by atoms with Crippen molar-refractivity contribution in [3.8, 4) is 0 Å². The predicted molar refractivity (Wildman–Crippen MR) is 27.1 cm³/mol. The molecule has 11 heavy (non-hydrogen) atoms. The zero-order valence-corrected chi connectivity index (χ0v) is 8.74. The summed E-state index contributed by atoms with van der Waals surface area (Å²) in [5, 5.41) is 17.8. The smallest absolute Gasteiger partial charge is 1.00 e. The first-order valence-electron chi connectivity index (χ1n) is 1.82. The molecule has 4 nitrogen and oxygen atoms in total. The summed E-state index contributed by atoms with van der Waals surface area (Å²) in [5.41, 5.74) is 0. The van der Waals surface area contributed by atoms with E-state index in [2.05, 4.69) is 0 Å². The number of carboxylic acids is 2. The van der Waals surface area contributed by atoms with Crippen molar-refractivity contribution in [3.05, 3.63) is 0 Å². The number of hydrogen-bond donors (Lipinski definition) is 0. The van der Waals surface area contributed by atoms with Crippen molar-refractivity contribution in [2.45, 2.75) is 13.8 Å². The van der Waals surface area contributed by atoms with Gasteiger partial charge in [0.1, 0.15) is 0 Å². The van der Waals surface area contributed by atoms with E-state index < -0.39 is 11.9 Å². The van der Waals surface area contributed by atoms with Crippen molar-refractivity contribution in [1.29, 1.82) is 0 Å². The maximum atomic E-state index is 8.89. The third-order valence-electron chi connectivity index (χ3n) is 0. The van der Waals surface area contributed by atoms with E-state index in [9.17, 15) is 0 Å². The molecular formula is C4H6F2O4Sn. The molecule has 0 aromatic carbocycles. The Labute approximate surface area is 79.3 Å². The van der Waals surface area contributed by atoms with Crippen LogP contribution in [0.5, 0.6) is 0 Å². The minimum atomic E-state index is -1.08. The number of halogens is 2. The number of carbonyl (C=O) groups is 2. The van der Waals surface area contributed by atoms with Gasteiger partial charge in [-0.15, -0.1) is 0 Å². The van der Waals surface area contributed by atoms with Gasteiger partial charge in [0.25, 0.3) is 0 Å². The molecule has 0 N–H and O–H groups in total. The molecule has 7 heteroatoms. The van der Waals surface area contributed by atoms with E-state index in [1.807, 2.05) is 0 Å². The molecule has 0 amide bonds. The molecule has 0 rings (SSSR count). The van der Waals surface area contributed by atoms with Gasteiger partial charge in [0.15, 0.2) is 0 Å². The first-order valence-corrected chi connectivity index (χ1v) is 1.82. The Morgan fingerprint density at radius 3 is 0.909 bits per heavy atom. The van der Waals surface area contributed by atoms with Crippen LogP contribution in [-0.2, 0) is 9.59 Å². The molecule has 0 aliphatic heterocycles. The van der Waals surface area contributed by atoms with Crippen molar-refractivity contribution in [2.24, 2.45) is 0 Å². The van der Waals surface area contributed by atoms with Gasteiger partial charge in [0.2, 0.25) is 0 Å². The molecule has 0 aliphatic rings. The van der Waals surface area contributed by atoms with Gasteiger partial charge in [0, 0.05) is 11.9 Å². The topological polar surface area (TPSA) is 80.3 Å². The molecule has 0 saturated heterocycles. The van der Waals surface area contributed by atoms with Crippen molar-refractivity contribution in [3.63, 3.8) is 0 Å². The number of carboxylic acid groups (broad SMARTS) is 2. The van der Waals surface area contributed by atoms with Gasteiger partial charge in [-0.1, -0.05) is 0 Å². The summed E-state index contributed by atoms with van der Waals surface area (Å²) in [7, 11) is 0. The van der Waals surface area contributed by atoms with Crippen LogP contribution < -0.4 is 19.6 Å². The van der Waals surface area contributed by atoms with E-state index in [1.165, 1.54) is 0 Å². The maximum absolute atomic E-state index is 8.89. The molecule has 0 atom stereocenters. The summed E-state index contributed by atoms with van der Waals surface area (Å²) in [6.45, 7) is 1.94. The van der Waals surface area contributed by atoms with Crippen molar-refractivity contribution in [2.75, 3.05) is 0 Å². The van der Waals surface area contributed by atoms with Crippen LogP contribution in [0.2, 0.25) is 0 Å². The number of hydrogen-bond acceptors (Lipinski definition) is 4. The van der Waals surface area contributed by atoms with E-state index in [4.69, 9.17) is 19.8 Å².